The van der Waals surface area contributed by atoms with Crippen LogP contribution in [0, 0.1) is 0 Å². The fraction of sp³-hybridized carbons (Fsp3) is 0.556. The first kappa shape index (κ1) is 15.4. The molecule has 0 fully saturated rings. The van der Waals surface area contributed by atoms with Crippen LogP contribution in [0.1, 0.15) is 21.3 Å². The van der Waals surface area contributed by atoms with Crippen molar-refractivity contribution in [2.45, 2.75) is 26.8 Å². The Morgan fingerprint density at radius 2 is 1.71 bits per heavy atom. The second kappa shape index (κ2) is 8.49. The van der Waals surface area contributed by atoms with Crippen LogP contribution in [0.25, 0.3) is 0 Å². The van der Waals surface area contributed by atoms with Gasteiger partial charge in [0.25, 0.3) is 0 Å². The minimum absolute atomic E-state index is 0. The summed E-state index contributed by atoms with van der Waals surface area (Å²) in [6.07, 6.45) is 2.14. The van der Waals surface area contributed by atoms with E-state index >= 15 is 0 Å². The summed E-state index contributed by atoms with van der Waals surface area (Å²) < 4.78 is 9.21. The van der Waals surface area contributed by atoms with E-state index in [0.29, 0.717) is 5.54 Å². The molecule has 0 amide bonds. The number of carbonyl (C=O) groups is 2. The Kier molecular flexibility index (Phi) is 9.33. The SMILES string of the molecule is C.COC(=O)/C=C/C(=O)O[SiH2]C(C)C. The lowest BCUT2D eigenvalue weighted by Crippen LogP contribution is -2.09. The zero-order valence-electron chi connectivity index (χ0n) is 8.07. The van der Waals surface area contributed by atoms with Crippen LogP contribution in [0.15, 0.2) is 12.2 Å². The second-order valence-electron chi connectivity index (χ2n) is 2.88. The van der Waals surface area contributed by atoms with Gasteiger partial charge in [0, 0.05) is 12.2 Å². The Bertz CT molecular complexity index is 211. The average Bonchev–Trinajstić information content (AvgIpc) is 2.10. The van der Waals surface area contributed by atoms with Crippen molar-refractivity contribution < 1.29 is 18.8 Å². The van der Waals surface area contributed by atoms with E-state index in [0.717, 1.165) is 12.2 Å². The van der Waals surface area contributed by atoms with E-state index < -0.39 is 21.7 Å². The first-order valence-electron chi connectivity index (χ1n) is 3.99. The van der Waals surface area contributed by atoms with Crippen molar-refractivity contribution >= 4 is 21.7 Å². The summed E-state index contributed by atoms with van der Waals surface area (Å²) in [6.45, 7) is 3.98. The molecule has 0 aliphatic heterocycles. The van der Waals surface area contributed by atoms with Crippen LogP contribution in [0.3, 0.4) is 0 Å². The molecule has 0 heterocycles. The minimum atomic E-state index is -0.805. The van der Waals surface area contributed by atoms with E-state index in [1.165, 1.54) is 7.11 Å². The molecule has 0 unspecified atom stereocenters. The van der Waals surface area contributed by atoms with Gasteiger partial charge >= 0.3 is 11.9 Å². The first-order valence-corrected chi connectivity index (χ1v) is 5.38. The van der Waals surface area contributed by atoms with Gasteiger partial charge in [-0.25, -0.2) is 9.59 Å². The van der Waals surface area contributed by atoms with Crippen molar-refractivity contribution in [2.24, 2.45) is 0 Å². The lowest BCUT2D eigenvalue weighted by molar-refractivity contribution is -0.135. The number of ether oxygens (including phenoxy) is 1. The van der Waals surface area contributed by atoms with E-state index in [4.69, 9.17) is 4.43 Å². The molecule has 0 N–H and O–H groups in total. The maximum Gasteiger partial charge on any atom is 0.330 e. The molecule has 0 aliphatic rings. The van der Waals surface area contributed by atoms with Crippen LogP contribution >= 0.6 is 0 Å². The Hall–Kier alpha value is -1.10. The van der Waals surface area contributed by atoms with Gasteiger partial charge in [-0.2, -0.15) is 0 Å². The van der Waals surface area contributed by atoms with Crippen molar-refractivity contribution in [3.8, 4) is 0 Å². The smallest absolute Gasteiger partial charge is 0.330 e. The van der Waals surface area contributed by atoms with Gasteiger partial charge in [-0.3, -0.25) is 0 Å². The van der Waals surface area contributed by atoms with Crippen LogP contribution in [-0.2, 0) is 18.8 Å². The molecule has 0 saturated heterocycles. The third-order valence-corrected chi connectivity index (χ3v) is 2.23. The van der Waals surface area contributed by atoms with Crippen LogP contribution in [0.2, 0.25) is 5.54 Å². The summed E-state index contributed by atoms with van der Waals surface area (Å²) in [4.78, 5) is 21.4. The van der Waals surface area contributed by atoms with Crippen LogP contribution in [0.5, 0.6) is 0 Å². The number of esters is 1. The zero-order valence-corrected chi connectivity index (χ0v) is 9.49. The molecule has 0 aliphatic carbocycles. The lowest BCUT2D eigenvalue weighted by atomic mass is 10.5. The highest BCUT2D eigenvalue weighted by atomic mass is 28.2. The first-order chi connectivity index (χ1) is 6.06. The van der Waals surface area contributed by atoms with Gasteiger partial charge in [-0.15, -0.1) is 0 Å². The van der Waals surface area contributed by atoms with Gasteiger partial charge in [-0.1, -0.05) is 21.3 Å². The maximum atomic E-state index is 10.9. The standard InChI is InChI=1S/C8H14O4Si.CH4/c1-6(2)13-12-8(10)5-4-7(9)11-3;/h4-6H,13H2,1-3H3;1H4/b5-4+;. The largest absolute Gasteiger partial charge is 0.522 e. The number of hydrogen-bond acceptors (Lipinski definition) is 4. The number of carbonyl (C=O) groups excluding carboxylic acids is 2. The van der Waals surface area contributed by atoms with Crippen molar-refractivity contribution in [2.75, 3.05) is 7.11 Å². The number of hydrogen-bond donors (Lipinski definition) is 0. The molecule has 0 rings (SSSR count). The monoisotopic (exact) mass is 218 g/mol. The number of rotatable bonds is 4. The zero-order chi connectivity index (χ0) is 10.3. The number of methoxy groups -OCH3 is 1. The topological polar surface area (TPSA) is 52.6 Å². The predicted molar refractivity (Wildman–Crippen MR) is 57.6 cm³/mol. The molecule has 0 atom stereocenters. The van der Waals surface area contributed by atoms with Crippen molar-refractivity contribution in [3.63, 3.8) is 0 Å². The fourth-order valence-corrected chi connectivity index (χ4v) is 1.09. The molecule has 0 spiro atoms. The highest BCUT2D eigenvalue weighted by molar-refractivity contribution is 6.32. The Labute approximate surface area is 87.2 Å². The second-order valence-corrected chi connectivity index (χ2v) is 5.14. The Balaban J connectivity index is 0. The predicted octanol–water partition coefficient (Wildman–Crippen LogP) is 0.807. The van der Waals surface area contributed by atoms with Crippen LogP contribution < -0.4 is 0 Å². The van der Waals surface area contributed by atoms with Crippen molar-refractivity contribution in [1.29, 1.82) is 0 Å². The maximum absolute atomic E-state index is 10.9. The molecule has 4 nitrogen and oxygen atoms in total. The summed E-state index contributed by atoms with van der Waals surface area (Å²) in [5.74, 6) is -1.02. The molecule has 14 heavy (non-hydrogen) atoms. The van der Waals surface area contributed by atoms with E-state index in [1.54, 1.807) is 0 Å². The van der Waals surface area contributed by atoms with E-state index in [2.05, 4.69) is 4.74 Å². The minimum Gasteiger partial charge on any atom is -0.522 e. The van der Waals surface area contributed by atoms with Gasteiger partial charge in [0.05, 0.1) is 7.11 Å². The molecule has 0 bridgehead atoms. The molecular weight excluding hydrogens is 200 g/mol. The third-order valence-electron chi connectivity index (χ3n) is 1.12. The van der Waals surface area contributed by atoms with E-state index in [-0.39, 0.29) is 7.43 Å². The Morgan fingerprint density at radius 3 is 2.14 bits per heavy atom. The van der Waals surface area contributed by atoms with Gasteiger partial charge < -0.3 is 9.16 Å². The van der Waals surface area contributed by atoms with E-state index in [9.17, 15) is 9.59 Å². The molecule has 0 aromatic heterocycles. The fourth-order valence-electron chi connectivity index (χ4n) is 0.501. The normalized spacial score (nSPS) is 10.6. The van der Waals surface area contributed by atoms with Gasteiger partial charge in [0.1, 0.15) is 0 Å². The lowest BCUT2D eigenvalue weighted by Gasteiger charge is -2.02. The van der Waals surface area contributed by atoms with Crippen LogP contribution in [-0.4, -0.2) is 28.8 Å². The van der Waals surface area contributed by atoms with Gasteiger partial charge in [0.15, 0.2) is 0 Å². The molecule has 0 aromatic carbocycles. The molecule has 0 radical (unpaired) electrons. The highest BCUT2D eigenvalue weighted by Crippen LogP contribution is 1.97. The van der Waals surface area contributed by atoms with Gasteiger partial charge in [0.2, 0.25) is 9.76 Å². The molecule has 82 valence electrons. The van der Waals surface area contributed by atoms with Crippen LogP contribution in [0.4, 0.5) is 0 Å². The summed E-state index contributed by atoms with van der Waals surface area (Å²) >= 11 is 0. The molecule has 0 saturated carbocycles. The van der Waals surface area contributed by atoms with Gasteiger partial charge in [-0.05, 0) is 5.54 Å². The summed E-state index contributed by atoms with van der Waals surface area (Å²) in [5.41, 5.74) is 0.426. The third kappa shape index (κ3) is 8.99. The quantitative estimate of drug-likeness (QED) is 0.398. The average molecular weight is 218 g/mol. The van der Waals surface area contributed by atoms with E-state index in [1.807, 2.05) is 13.8 Å². The highest BCUT2D eigenvalue weighted by Gasteiger charge is 2.01. The molecule has 0 aromatic rings. The summed E-state index contributed by atoms with van der Waals surface area (Å²) in [7, 11) is 0.445. The molecular formula is C9H18O4Si. The Morgan fingerprint density at radius 1 is 1.21 bits per heavy atom. The summed E-state index contributed by atoms with van der Waals surface area (Å²) in [5, 5.41) is 0. The molecule has 5 heteroatoms. The van der Waals surface area contributed by atoms with Crippen molar-refractivity contribution in [3.05, 3.63) is 12.2 Å². The summed E-state index contributed by atoms with van der Waals surface area (Å²) in [6, 6.07) is 0. The van der Waals surface area contributed by atoms with Crippen molar-refractivity contribution in [1.82, 2.24) is 0 Å².